The molecule has 0 radical (unpaired) electrons. The number of piperidine rings is 1. The number of fused-ring (bicyclic) bond motifs is 1. The molecule has 6 heteroatoms. The largest absolute Gasteiger partial charge is 0.375 e. The number of hydrogen-bond acceptors (Lipinski definition) is 3. The molecule has 1 fully saturated rings. The second kappa shape index (κ2) is 8.46. The molecule has 5 nitrogen and oxygen atoms in total. The highest BCUT2D eigenvalue weighted by molar-refractivity contribution is 6.31. The summed E-state index contributed by atoms with van der Waals surface area (Å²) < 4.78 is 0. The van der Waals surface area contributed by atoms with Crippen LogP contribution in [0.2, 0.25) is 5.02 Å². The van der Waals surface area contributed by atoms with Crippen LogP contribution in [0.1, 0.15) is 57.2 Å². The van der Waals surface area contributed by atoms with E-state index in [1.807, 2.05) is 37.9 Å². The molecule has 2 aromatic rings. The quantitative estimate of drug-likeness (QED) is 0.564. The van der Waals surface area contributed by atoms with Crippen LogP contribution in [0.15, 0.2) is 49.1 Å². The molecule has 2 aliphatic rings. The second-order valence-electron chi connectivity index (χ2n) is 10.4. The van der Waals surface area contributed by atoms with Crippen LogP contribution in [-0.2, 0) is 20.5 Å². The fraction of sp³-hybridized carbons (Fsp3) is 0.429. The van der Waals surface area contributed by atoms with Crippen LogP contribution in [0.4, 0.5) is 11.4 Å². The molecule has 34 heavy (non-hydrogen) atoms. The van der Waals surface area contributed by atoms with Crippen molar-refractivity contribution in [1.82, 2.24) is 4.90 Å². The van der Waals surface area contributed by atoms with Gasteiger partial charge in [-0.2, -0.15) is 0 Å². The summed E-state index contributed by atoms with van der Waals surface area (Å²) in [5.41, 5.74) is 4.10. The van der Waals surface area contributed by atoms with Crippen LogP contribution < -0.4 is 10.2 Å². The molecule has 0 bridgehead atoms. The smallest absolute Gasteiger partial charge is 0.246 e. The van der Waals surface area contributed by atoms with E-state index < -0.39 is 11.0 Å². The summed E-state index contributed by atoms with van der Waals surface area (Å²) in [6, 6.07) is 12.2. The molecular weight excluding hydrogens is 446 g/mol. The van der Waals surface area contributed by atoms with Gasteiger partial charge in [-0.05, 0) is 88.4 Å². The van der Waals surface area contributed by atoms with E-state index in [1.54, 1.807) is 4.90 Å². The summed E-state index contributed by atoms with van der Waals surface area (Å²) in [5, 5.41) is 4.58. The molecule has 2 aliphatic heterocycles. The number of benzene rings is 2. The van der Waals surface area contributed by atoms with Crippen molar-refractivity contribution < 1.29 is 9.59 Å². The molecule has 1 N–H and O–H groups in total. The molecular formula is C28H34ClN3O2. The van der Waals surface area contributed by atoms with Crippen LogP contribution >= 0.6 is 11.6 Å². The van der Waals surface area contributed by atoms with E-state index in [1.165, 1.54) is 6.08 Å². The Kier molecular flexibility index (Phi) is 6.05. The van der Waals surface area contributed by atoms with Gasteiger partial charge in [-0.15, -0.1) is 0 Å². The summed E-state index contributed by atoms with van der Waals surface area (Å²) in [6.07, 6.45) is 2.83. The molecule has 2 heterocycles. The van der Waals surface area contributed by atoms with E-state index in [-0.39, 0.29) is 23.9 Å². The lowest BCUT2D eigenvalue weighted by molar-refractivity contribution is -0.133. The van der Waals surface area contributed by atoms with E-state index >= 15 is 0 Å². The van der Waals surface area contributed by atoms with Crippen molar-refractivity contribution in [2.75, 3.05) is 17.3 Å². The molecule has 2 unspecified atom stereocenters. The highest BCUT2D eigenvalue weighted by Crippen LogP contribution is 2.46. The first-order valence-corrected chi connectivity index (χ1v) is 12.2. The van der Waals surface area contributed by atoms with Crippen molar-refractivity contribution in [3.8, 4) is 0 Å². The number of carbonyl (C=O) groups is 2. The summed E-state index contributed by atoms with van der Waals surface area (Å²) in [4.78, 5) is 29.1. The van der Waals surface area contributed by atoms with Gasteiger partial charge in [0.25, 0.3) is 0 Å². The monoisotopic (exact) mass is 479 g/mol. The van der Waals surface area contributed by atoms with Crippen LogP contribution in [0.25, 0.3) is 0 Å². The third-order valence-electron chi connectivity index (χ3n) is 7.71. The van der Waals surface area contributed by atoms with Gasteiger partial charge in [-0.25, -0.2) is 0 Å². The minimum atomic E-state index is -0.538. The highest BCUT2D eigenvalue weighted by atomic mass is 35.5. The van der Waals surface area contributed by atoms with Gasteiger partial charge in [-0.1, -0.05) is 36.4 Å². The van der Waals surface area contributed by atoms with Gasteiger partial charge in [0.05, 0.1) is 11.0 Å². The third-order valence-corrected chi connectivity index (χ3v) is 8.11. The molecule has 180 valence electrons. The molecule has 2 amide bonds. The van der Waals surface area contributed by atoms with Crippen molar-refractivity contribution in [1.29, 1.82) is 0 Å². The number of hydrogen-bond donors (Lipinski definition) is 1. The number of rotatable bonds is 4. The number of nitrogens with zero attached hydrogens (tertiary/aromatic N) is 2. The lowest BCUT2D eigenvalue weighted by Crippen LogP contribution is -2.57. The number of amides is 2. The van der Waals surface area contributed by atoms with Gasteiger partial charge in [0, 0.05) is 35.5 Å². The Morgan fingerprint density at radius 1 is 1.15 bits per heavy atom. The number of carbonyl (C=O) groups excluding carboxylic acids is 2. The van der Waals surface area contributed by atoms with E-state index in [0.717, 1.165) is 45.9 Å². The van der Waals surface area contributed by atoms with Crippen molar-refractivity contribution >= 4 is 34.8 Å². The summed E-state index contributed by atoms with van der Waals surface area (Å²) in [7, 11) is 1.83. The lowest BCUT2D eigenvalue weighted by Gasteiger charge is -2.50. The summed E-state index contributed by atoms with van der Waals surface area (Å²) in [6.45, 7) is 13.9. The Morgan fingerprint density at radius 3 is 2.41 bits per heavy atom. The minimum absolute atomic E-state index is 0.00209. The maximum atomic E-state index is 12.8. The lowest BCUT2D eigenvalue weighted by atomic mass is 9.73. The molecule has 2 aromatic carbocycles. The molecule has 1 saturated heterocycles. The van der Waals surface area contributed by atoms with Gasteiger partial charge in [0.15, 0.2) is 0 Å². The van der Waals surface area contributed by atoms with Gasteiger partial charge < -0.3 is 15.1 Å². The predicted molar refractivity (Wildman–Crippen MR) is 140 cm³/mol. The Balaban J connectivity index is 1.80. The average molecular weight is 480 g/mol. The first-order valence-electron chi connectivity index (χ1n) is 11.8. The first kappa shape index (κ1) is 24.3. The Labute approximate surface area is 207 Å². The van der Waals surface area contributed by atoms with Gasteiger partial charge in [0.2, 0.25) is 11.8 Å². The Hall–Kier alpha value is -2.79. The molecule has 0 saturated carbocycles. The molecule has 0 aliphatic carbocycles. The Bertz CT molecular complexity index is 1160. The fourth-order valence-corrected chi connectivity index (χ4v) is 6.29. The summed E-state index contributed by atoms with van der Waals surface area (Å²) >= 11 is 6.57. The molecule has 0 spiro atoms. The number of likely N-dealkylation sites (N-methyl/N-ethyl adjacent to an activating group) is 1. The number of nitrogens with one attached hydrogen (secondary N) is 1. The van der Waals surface area contributed by atoms with E-state index in [9.17, 15) is 9.59 Å². The maximum Gasteiger partial charge on any atom is 0.246 e. The van der Waals surface area contributed by atoms with Gasteiger partial charge in [0.1, 0.15) is 0 Å². The van der Waals surface area contributed by atoms with Crippen LogP contribution in [0.3, 0.4) is 0 Å². The third kappa shape index (κ3) is 3.70. The standard InChI is InChI=1S/C28H34ClN3O2/c1-8-25(33)32-17(2)15-28(16-18(32)3,21-10-9-11-23(29)19(21)4)30-20-12-13-22-24(14-20)31(7)26(34)27(22,5)6/h8-14,17-18,30H,1,15-16H2,2-7H3. The van der Waals surface area contributed by atoms with Crippen molar-refractivity contribution in [3.63, 3.8) is 0 Å². The fourth-order valence-electron chi connectivity index (χ4n) is 6.11. The van der Waals surface area contributed by atoms with Crippen LogP contribution in [-0.4, -0.2) is 35.8 Å². The van der Waals surface area contributed by atoms with Crippen LogP contribution in [0, 0.1) is 6.92 Å². The zero-order valence-corrected chi connectivity index (χ0v) is 21.7. The van der Waals surface area contributed by atoms with E-state index in [0.29, 0.717) is 0 Å². The van der Waals surface area contributed by atoms with E-state index in [2.05, 4.69) is 56.9 Å². The number of halogens is 1. The molecule has 0 aromatic heterocycles. The SMILES string of the molecule is C=CC(=O)N1C(C)CC(Nc2ccc3c(c2)N(C)C(=O)C3(C)C)(c2cccc(Cl)c2C)CC1C. The second-order valence-corrected chi connectivity index (χ2v) is 10.8. The average Bonchev–Trinajstić information content (AvgIpc) is 2.94. The van der Waals surface area contributed by atoms with Crippen molar-refractivity contribution in [2.24, 2.45) is 0 Å². The minimum Gasteiger partial charge on any atom is -0.375 e. The summed E-state index contributed by atoms with van der Waals surface area (Å²) in [5.74, 6) is 0.0508. The van der Waals surface area contributed by atoms with E-state index in [4.69, 9.17) is 11.6 Å². The van der Waals surface area contributed by atoms with Gasteiger partial charge >= 0.3 is 0 Å². The number of anilines is 2. The first-order chi connectivity index (χ1) is 15.9. The van der Waals surface area contributed by atoms with Crippen molar-refractivity contribution in [3.05, 3.63) is 70.8 Å². The Morgan fingerprint density at radius 2 is 1.79 bits per heavy atom. The number of likely N-dealkylation sites (tertiary alicyclic amines) is 1. The molecule has 4 rings (SSSR count). The maximum absolute atomic E-state index is 12.8. The van der Waals surface area contributed by atoms with Gasteiger partial charge in [-0.3, -0.25) is 9.59 Å². The van der Waals surface area contributed by atoms with Crippen molar-refractivity contribution in [2.45, 2.75) is 70.5 Å². The van der Waals surface area contributed by atoms with Crippen LogP contribution in [0.5, 0.6) is 0 Å². The molecule has 2 atom stereocenters. The predicted octanol–water partition coefficient (Wildman–Crippen LogP) is 5.80. The topological polar surface area (TPSA) is 52.7 Å². The highest BCUT2D eigenvalue weighted by Gasteiger charge is 2.46. The normalized spacial score (nSPS) is 25.8. The zero-order valence-electron chi connectivity index (χ0n) is 20.9. The zero-order chi connectivity index (χ0) is 25.0.